The quantitative estimate of drug-likeness (QED) is 0.646. The predicted molar refractivity (Wildman–Crippen MR) is 90.6 cm³/mol. The number of benzene rings is 1. The summed E-state index contributed by atoms with van der Waals surface area (Å²) in [5.74, 6) is 0.284. The summed E-state index contributed by atoms with van der Waals surface area (Å²) in [5.41, 5.74) is 0.705. The molecule has 1 saturated heterocycles. The van der Waals surface area contributed by atoms with Gasteiger partial charge in [0.2, 0.25) is 0 Å². The molecular weight excluding hydrogens is 324 g/mol. The monoisotopic (exact) mass is 344 g/mol. The van der Waals surface area contributed by atoms with Crippen molar-refractivity contribution < 1.29 is 9.72 Å². The third kappa shape index (κ3) is 3.82. The summed E-state index contributed by atoms with van der Waals surface area (Å²) in [4.78, 5) is 24.9. The van der Waals surface area contributed by atoms with E-state index >= 15 is 0 Å². The normalized spacial score (nSPS) is 17.5. The molecule has 1 atom stereocenters. The molecule has 9 heteroatoms. The zero-order valence-corrected chi connectivity index (χ0v) is 14.0. The van der Waals surface area contributed by atoms with Gasteiger partial charge in [0.15, 0.2) is 5.69 Å². The number of piperidine rings is 1. The van der Waals surface area contributed by atoms with Crippen molar-refractivity contribution in [3.05, 3.63) is 46.3 Å². The number of amides is 1. The molecule has 1 aromatic heterocycles. The van der Waals surface area contributed by atoms with E-state index < -0.39 is 4.92 Å². The number of aromatic nitrogens is 3. The first-order chi connectivity index (χ1) is 12.1. The van der Waals surface area contributed by atoms with Crippen molar-refractivity contribution in [3.8, 4) is 5.69 Å². The van der Waals surface area contributed by atoms with Crippen molar-refractivity contribution in [1.82, 2.24) is 25.2 Å². The molecule has 0 bridgehead atoms. The van der Waals surface area contributed by atoms with E-state index in [9.17, 15) is 14.9 Å². The molecule has 2 heterocycles. The van der Waals surface area contributed by atoms with Crippen molar-refractivity contribution in [2.24, 2.45) is 5.92 Å². The average molecular weight is 344 g/mol. The number of non-ortho nitro benzene ring substituents is 1. The first kappa shape index (κ1) is 17.0. The molecule has 0 aliphatic carbocycles. The van der Waals surface area contributed by atoms with E-state index in [0.717, 1.165) is 19.4 Å². The molecule has 3 rings (SSSR count). The molecule has 1 N–H and O–H groups in total. The zero-order valence-electron chi connectivity index (χ0n) is 14.0. The van der Waals surface area contributed by atoms with Gasteiger partial charge < -0.3 is 10.2 Å². The SMILES string of the molecule is CNCC1CCCN(C(=O)c2cn(-c3cccc([N+](=O)[O-])c3)nn2)C1. The van der Waals surface area contributed by atoms with Crippen LogP contribution in [0.3, 0.4) is 0 Å². The summed E-state index contributed by atoms with van der Waals surface area (Å²) >= 11 is 0. The van der Waals surface area contributed by atoms with Gasteiger partial charge in [-0.15, -0.1) is 5.10 Å². The van der Waals surface area contributed by atoms with Gasteiger partial charge in [0.25, 0.3) is 11.6 Å². The second kappa shape index (κ2) is 7.39. The molecule has 1 aromatic carbocycles. The van der Waals surface area contributed by atoms with E-state index in [4.69, 9.17) is 0 Å². The minimum atomic E-state index is -0.470. The minimum absolute atomic E-state index is 0.0354. The Morgan fingerprint density at radius 3 is 3.08 bits per heavy atom. The molecule has 0 radical (unpaired) electrons. The highest BCUT2D eigenvalue weighted by molar-refractivity contribution is 5.92. The Balaban J connectivity index is 1.75. The third-order valence-electron chi connectivity index (χ3n) is 4.32. The highest BCUT2D eigenvalue weighted by Crippen LogP contribution is 2.19. The van der Waals surface area contributed by atoms with E-state index in [1.807, 2.05) is 7.05 Å². The summed E-state index contributed by atoms with van der Waals surface area (Å²) in [7, 11) is 1.91. The Hall–Kier alpha value is -2.81. The van der Waals surface area contributed by atoms with Crippen molar-refractivity contribution in [2.75, 3.05) is 26.7 Å². The average Bonchev–Trinajstić information content (AvgIpc) is 3.12. The second-order valence-electron chi connectivity index (χ2n) is 6.14. The van der Waals surface area contributed by atoms with Crippen LogP contribution in [0.2, 0.25) is 0 Å². The van der Waals surface area contributed by atoms with E-state index in [1.54, 1.807) is 17.0 Å². The highest BCUT2D eigenvalue weighted by Gasteiger charge is 2.26. The fourth-order valence-corrected chi connectivity index (χ4v) is 3.10. The maximum atomic E-state index is 12.7. The van der Waals surface area contributed by atoms with Gasteiger partial charge in [-0.2, -0.15) is 0 Å². The van der Waals surface area contributed by atoms with Crippen LogP contribution in [-0.2, 0) is 0 Å². The largest absolute Gasteiger partial charge is 0.337 e. The van der Waals surface area contributed by atoms with Crippen LogP contribution in [0.15, 0.2) is 30.5 Å². The van der Waals surface area contributed by atoms with Crippen molar-refractivity contribution in [2.45, 2.75) is 12.8 Å². The number of carbonyl (C=O) groups is 1. The van der Waals surface area contributed by atoms with E-state index in [2.05, 4.69) is 15.6 Å². The Kier molecular flexibility index (Phi) is 5.03. The Morgan fingerprint density at radius 2 is 2.32 bits per heavy atom. The molecule has 0 spiro atoms. The van der Waals surface area contributed by atoms with Gasteiger partial charge in [-0.1, -0.05) is 11.3 Å². The molecule has 9 nitrogen and oxygen atoms in total. The molecule has 2 aromatic rings. The van der Waals surface area contributed by atoms with Gasteiger partial charge in [0.1, 0.15) is 0 Å². The topological polar surface area (TPSA) is 106 Å². The fourth-order valence-electron chi connectivity index (χ4n) is 3.10. The fraction of sp³-hybridized carbons (Fsp3) is 0.438. The van der Waals surface area contributed by atoms with E-state index in [-0.39, 0.29) is 17.3 Å². The summed E-state index contributed by atoms with van der Waals surface area (Å²) in [5, 5.41) is 21.9. The van der Waals surface area contributed by atoms with Gasteiger partial charge in [-0.05, 0) is 38.4 Å². The van der Waals surface area contributed by atoms with Gasteiger partial charge in [-0.25, -0.2) is 4.68 Å². The summed E-state index contributed by atoms with van der Waals surface area (Å²) in [6.45, 7) is 2.29. The van der Waals surface area contributed by atoms with Crippen LogP contribution in [0.5, 0.6) is 0 Å². The molecule has 25 heavy (non-hydrogen) atoms. The molecule has 1 aliphatic rings. The summed E-state index contributed by atoms with van der Waals surface area (Å²) < 4.78 is 1.38. The number of nitro benzene ring substituents is 1. The Bertz CT molecular complexity index is 773. The van der Waals surface area contributed by atoms with Gasteiger partial charge >= 0.3 is 0 Å². The summed E-state index contributed by atoms with van der Waals surface area (Å²) in [6, 6.07) is 6.05. The number of hydrogen-bond acceptors (Lipinski definition) is 6. The van der Waals surface area contributed by atoms with Gasteiger partial charge in [-0.3, -0.25) is 14.9 Å². The maximum absolute atomic E-state index is 12.7. The number of carbonyl (C=O) groups excluding carboxylic acids is 1. The number of rotatable bonds is 5. The maximum Gasteiger partial charge on any atom is 0.276 e. The molecule has 1 fully saturated rings. The number of likely N-dealkylation sites (tertiary alicyclic amines) is 1. The number of hydrogen-bond donors (Lipinski definition) is 1. The smallest absolute Gasteiger partial charge is 0.276 e. The number of nitrogens with one attached hydrogen (secondary N) is 1. The zero-order chi connectivity index (χ0) is 17.8. The molecule has 0 saturated carbocycles. The number of nitro groups is 1. The lowest BCUT2D eigenvalue weighted by Gasteiger charge is -2.32. The van der Waals surface area contributed by atoms with Crippen LogP contribution >= 0.6 is 0 Å². The van der Waals surface area contributed by atoms with Crippen LogP contribution in [0.1, 0.15) is 23.3 Å². The van der Waals surface area contributed by atoms with Crippen LogP contribution in [0.4, 0.5) is 5.69 Å². The lowest BCUT2D eigenvalue weighted by molar-refractivity contribution is -0.384. The first-order valence-electron chi connectivity index (χ1n) is 8.19. The Morgan fingerprint density at radius 1 is 1.48 bits per heavy atom. The molecule has 1 aliphatic heterocycles. The summed E-state index contributed by atoms with van der Waals surface area (Å²) in [6.07, 6.45) is 3.59. The minimum Gasteiger partial charge on any atom is -0.337 e. The van der Waals surface area contributed by atoms with Crippen LogP contribution in [0.25, 0.3) is 5.69 Å². The lowest BCUT2D eigenvalue weighted by atomic mass is 9.98. The third-order valence-corrected chi connectivity index (χ3v) is 4.32. The van der Waals surface area contributed by atoms with Crippen LogP contribution < -0.4 is 5.32 Å². The lowest BCUT2D eigenvalue weighted by Crippen LogP contribution is -2.42. The van der Waals surface area contributed by atoms with Crippen molar-refractivity contribution in [3.63, 3.8) is 0 Å². The first-order valence-corrected chi connectivity index (χ1v) is 8.19. The van der Waals surface area contributed by atoms with Crippen molar-refractivity contribution >= 4 is 11.6 Å². The van der Waals surface area contributed by atoms with Crippen LogP contribution in [0, 0.1) is 16.0 Å². The van der Waals surface area contributed by atoms with Crippen LogP contribution in [-0.4, -0.2) is 57.4 Å². The number of nitrogens with zero attached hydrogens (tertiary/aromatic N) is 5. The molecule has 132 valence electrons. The van der Waals surface area contributed by atoms with Gasteiger partial charge in [0.05, 0.1) is 16.8 Å². The van der Waals surface area contributed by atoms with Crippen molar-refractivity contribution in [1.29, 1.82) is 0 Å². The van der Waals surface area contributed by atoms with Gasteiger partial charge in [0, 0.05) is 25.2 Å². The Labute approximate surface area is 144 Å². The molecular formula is C16H20N6O3. The molecule has 1 amide bonds. The van der Waals surface area contributed by atoms with E-state index in [1.165, 1.54) is 23.0 Å². The predicted octanol–water partition coefficient (Wildman–Crippen LogP) is 1.25. The highest BCUT2D eigenvalue weighted by atomic mass is 16.6. The molecule has 1 unspecified atom stereocenters. The second-order valence-corrected chi connectivity index (χ2v) is 6.14. The standard InChI is InChI=1S/C16H20N6O3/c1-17-9-12-4-3-7-20(10-12)16(23)15-11-21(19-18-15)13-5-2-6-14(8-13)22(24)25/h2,5-6,8,11-12,17H,3-4,7,9-10H2,1H3. The van der Waals surface area contributed by atoms with E-state index in [0.29, 0.717) is 24.7 Å².